The van der Waals surface area contributed by atoms with E-state index >= 15 is 0 Å². The Balaban J connectivity index is 2.52. The van der Waals surface area contributed by atoms with Gasteiger partial charge in [0.05, 0.1) is 0 Å². The van der Waals surface area contributed by atoms with Crippen LogP contribution in [-0.2, 0) is 0 Å². The van der Waals surface area contributed by atoms with Gasteiger partial charge in [0.1, 0.15) is 0 Å². The van der Waals surface area contributed by atoms with E-state index < -0.39 is 0 Å². The van der Waals surface area contributed by atoms with Crippen molar-refractivity contribution in [1.29, 1.82) is 0 Å². The van der Waals surface area contributed by atoms with Crippen LogP contribution in [0.3, 0.4) is 0 Å². The van der Waals surface area contributed by atoms with Crippen molar-refractivity contribution in [3.8, 4) is 0 Å². The molecule has 1 rings (SSSR count). The SMILES string of the molecule is C=CCCN1CC(C(C)(C)C)NCC1C. The Hall–Kier alpha value is -0.340. The molecule has 1 fully saturated rings. The number of nitrogens with zero attached hydrogens (tertiary/aromatic N) is 1. The van der Waals surface area contributed by atoms with E-state index in [0.29, 0.717) is 17.5 Å². The molecule has 0 amide bonds. The van der Waals surface area contributed by atoms with E-state index in [9.17, 15) is 0 Å². The number of hydrogen-bond acceptors (Lipinski definition) is 2. The lowest BCUT2D eigenvalue weighted by Gasteiger charge is -2.44. The van der Waals surface area contributed by atoms with Crippen molar-refractivity contribution in [2.24, 2.45) is 5.41 Å². The standard InChI is InChI=1S/C13H26N2/c1-6-7-8-15-10-12(13(3,4)5)14-9-11(15)2/h6,11-12,14H,1,7-10H2,2-5H3. The third-order valence-corrected chi connectivity index (χ3v) is 3.37. The maximum atomic E-state index is 3.80. The summed E-state index contributed by atoms with van der Waals surface area (Å²) in [7, 11) is 0. The first-order valence-corrected chi connectivity index (χ1v) is 6.03. The van der Waals surface area contributed by atoms with E-state index in [1.165, 1.54) is 6.54 Å². The van der Waals surface area contributed by atoms with Crippen LogP contribution in [-0.4, -0.2) is 36.6 Å². The van der Waals surface area contributed by atoms with E-state index in [0.717, 1.165) is 19.5 Å². The van der Waals surface area contributed by atoms with Gasteiger partial charge in [-0.15, -0.1) is 6.58 Å². The third kappa shape index (κ3) is 3.62. The molecule has 0 spiro atoms. The van der Waals surface area contributed by atoms with Crippen molar-refractivity contribution in [3.05, 3.63) is 12.7 Å². The Morgan fingerprint density at radius 1 is 1.47 bits per heavy atom. The lowest BCUT2D eigenvalue weighted by atomic mass is 9.85. The molecule has 0 aromatic rings. The minimum atomic E-state index is 0.354. The highest BCUT2D eigenvalue weighted by molar-refractivity contribution is 4.91. The van der Waals surface area contributed by atoms with E-state index in [1.54, 1.807) is 0 Å². The largest absolute Gasteiger partial charge is 0.311 e. The van der Waals surface area contributed by atoms with Gasteiger partial charge in [0.2, 0.25) is 0 Å². The zero-order chi connectivity index (χ0) is 11.5. The van der Waals surface area contributed by atoms with Crippen LogP contribution < -0.4 is 5.32 Å². The maximum absolute atomic E-state index is 3.80. The van der Waals surface area contributed by atoms with Crippen LogP contribution in [0.5, 0.6) is 0 Å². The molecule has 1 saturated heterocycles. The van der Waals surface area contributed by atoms with E-state index in [1.807, 2.05) is 6.08 Å². The maximum Gasteiger partial charge on any atom is 0.0244 e. The summed E-state index contributed by atoms with van der Waals surface area (Å²) in [6, 6.07) is 1.27. The van der Waals surface area contributed by atoms with Crippen molar-refractivity contribution in [3.63, 3.8) is 0 Å². The normalized spacial score (nSPS) is 29.1. The molecule has 0 saturated carbocycles. The summed E-state index contributed by atoms with van der Waals surface area (Å²) in [5, 5.41) is 3.65. The molecule has 1 heterocycles. The van der Waals surface area contributed by atoms with Crippen molar-refractivity contribution < 1.29 is 0 Å². The highest BCUT2D eigenvalue weighted by atomic mass is 15.2. The van der Waals surface area contributed by atoms with Gasteiger partial charge in [-0.05, 0) is 18.8 Å². The second-order valence-electron chi connectivity index (χ2n) is 5.75. The van der Waals surface area contributed by atoms with Gasteiger partial charge in [0.15, 0.2) is 0 Å². The quantitative estimate of drug-likeness (QED) is 0.719. The van der Waals surface area contributed by atoms with Gasteiger partial charge >= 0.3 is 0 Å². The molecule has 1 N–H and O–H groups in total. The van der Waals surface area contributed by atoms with E-state index in [4.69, 9.17) is 0 Å². The minimum Gasteiger partial charge on any atom is -0.311 e. The summed E-state index contributed by atoms with van der Waals surface area (Å²) in [5.41, 5.74) is 0.354. The fourth-order valence-corrected chi connectivity index (χ4v) is 2.07. The van der Waals surface area contributed by atoms with Crippen LogP contribution in [0, 0.1) is 5.41 Å². The Bertz CT molecular complexity index is 205. The summed E-state index contributed by atoms with van der Waals surface area (Å²) >= 11 is 0. The number of rotatable bonds is 3. The van der Waals surface area contributed by atoms with Crippen molar-refractivity contribution in [2.75, 3.05) is 19.6 Å². The Kier molecular flexibility index (Phi) is 4.35. The van der Waals surface area contributed by atoms with E-state index in [2.05, 4.69) is 44.5 Å². The molecule has 2 nitrogen and oxygen atoms in total. The first-order chi connectivity index (χ1) is 6.95. The van der Waals surface area contributed by atoms with Gasteiger partial charge in [-0.1, -0.05) is 26.8 Å². The Labute approximate surface area is 94.7 Å². The molecule has 1 aliphatic rings. The fourth-order valence-electron chi connectivity index (χ4n) is 2.07. The smallest absolute Gasteiger partial charge is 0.0244 e. The molecule has 0 aromatic heterocycles. The van der Waals surface area contributed by atoms with Crippen molar-refractivity contribution in [2.45, 2.75) is 46.2 Å². The summed E-state index contributed by atoms with van der Waals surface area (Å²) in [5.74, 6) is 0. The summed E-state index contributed by atoms with van der Waals surface area (Å²) in [6.07, 6.45) is 3.11. The predicted molar refractivity (Wildman–Crippen MR) is 67.1 cm³/mol. The summed E-state index contributed by atoms with van der Waals surface area (Å²) in [4.78, 5) is 2.58. The number of nitrogens with one attached hydrogen (secondary N) is 1. The topological polar surface area (TPSA) is 15.3 Å². The highest BCUT2D eigenvalue weighted by Gasteiger charge is 2.31. The van der Waals surface area contributed by atoms with Crippen LogP contribution in [0.15, 0.2) is 12.7 Å². The lowest BCUT2D eigenvalue weighted by molar-refractivity contribution is 0.0954. The van der Waals surface area contributed by atoms with Crippen LogP contribution in [0.25, 0.3) is 0 Å². The molecule has 1 aliphatic heterocycles. The Morgan fingerprint density at radius 2 is 2.13 bits per heavy atom. The van der Waals surface area contributed by atoms with Crippen LogP contribution in [0.1, 0.15) is 34.1 Å². The van der Waals surface area contributed by atoms with Gasteiger partial charge < -0.3 is 5.32 Å². The molecule has 15 heavy (non-hydrogen) atoms. The molecule has 0 radical (unpaired) electrons. The average Bonchev–Trinajstić information content (AvgIpc) is 2.15. The first kappa shape index (κ1) is 12.7. The van der Waals surface area contributed by atoms with Gasteiger partial charge in [-0.25, -0.2) is 0 Å². The molecular weight excluding hydrogens is 184 g/mol. The Morgan fingerprint density at radius 3 is 2.67 bits per heavy atom. The molecule has 2 unspecified atom stereocenters. The molecule has 2 heteroatoms. The molecular formula is C13H26N2. The average molecular weight is 210 g/mol. The number of hydrogen-bond donors (Lipinski definition) is 1. The summed E-state index contributed by atoms with van der Waals surface area (Å²) < 4.78 is 0. The molecule has 0 bridgehead atoms. The third-order valence-electron chi connectivity index (χ3n) is 3.37. The monoisotopic (exact) mass is 210 g/mol. The van der Waals surface area contributed by atoms with Gasteiger partial charge in [-0.3, -0.25) is 4.90 Å². The molecule has 0 aromatic carbocycles. The highest BCUT2D eigenvalue weighted by Crippen LogP contribution is 2.23. The van der Waals surface area contributed by atoms with Crippen molar-refractivity contribution in [1.82, 2.24) is 10.2 Å². The zero-order valence-electron chi connectivity index (χ0n) is 10.7. The molecule has 0 aliphatic carbocycles. The zero-order valence-corrected chi connectivity index (χ0v) is 10.7. The first-order valence-electron chi connectivity index (χ1n) is 6.03. The second kappa shape index (κ2) is 5.13. The van der Waals surface area contributed by atoms with Crippen molar-refractivity contribution >= 4 is 0 Å². The molecule has 88 valence electrons. The fraction of sp³-hybridized carbons (Fsp3) is 0.846. The summed E-state index contributed by atoms with van der Waals surface area (Å²) in [6.45, 7) is 16.5. The predicted octanol–water partition coefficient (Wildman–Crippen LogP) is 2.27. The number of piperazine rings is 1. The van der Waals surface area contributed by atoms with E-state index in [-0.39, 0.29) is 0 Å². The van der Waals surface area contributed by atoms with Crippen LogP contribution in [0.2, 0.25) is 0 Å². The van der Waals surface area contributed by atoms with Gasteiger partial charge in [-0.2, -0.15) is 0 Å². The van der Waals surface area contributed by atoms with Crippen LogP contribution in [0.4, 0.5) is 0 Å². The lowest BCUT2D eigenvalue weighted by Crippen LogP contribution is -2.59. The molecule has 2 atom stereocenters. The van der Waals surface area contributed by atoms with Gasteiger partial charge in [0.25, 0.3) is 0 Å². The second-order valence-corrected chi connectivity index (χ2v) is 5.75. The van der Waals surface area contributed by atoms with Gasteiger partial charge in [0, 0.05) is 31.7 Å². The minimum absolute atomic E-state index is 0.354. The van der Waals surface area contributed by atoms with Crippen LogP contribution >= 0.6 is 0 Å².